The van der Waals surface area contributed by atoms with Crippen LogP contribution in [0.2, 0.25) is 0 Å². The van der Waals surface area contributed by atoms with Crippen LogP contribution in [0.15, 0.2) is 54.6 Å². The Hall–Kier alpha value is -2.33. The Morgan fingerprint density at radius 3 is 2.42 bits per heavy atom. The summed E-state index contributed by atoms with van der Waals surface area (Å²) in [6, 6.07) is 17.5. The predicted octanol–water partition coefficient (Wildman–Crippen LogP) is 2.77. The topological polar surface area (TPSA) is 43.8 Å². The van der Waals surface area contributed by atoms with Gasteiger partial charge in [-0.2, -0.15) is 0 Å². The van der Waals surface area contributed by atoms with Crippen molar-refractivity contribution in [3.05, 3.63) is 65.7 Å². The number of fused-ring (bicyclic) bond motifs is 1. The lowest BCUT2D eigenvalue weighted by Gasteiger charge is -2.27. The molecule has 0 radical (unpaired) electrons. The van der Waals surface area contributed by atoms with Crippen LogP contribution in [0, 0.1) is 11.8 Å². The Morgan fingerprint density at radius 1 is 1.00 bits per heavy atom. The molecule has 2 aliphatic rings. The molecule has 0 bridgehead atoms. The first-order chi connectivity index (χ1) is 11.6. The number of nitrogens with zero attached hydrogens (tertiary/aromatic N) is 2. The number of phenols is 1. The van der Waals surface area contributed by atoms with Crippen molar-refractivity contribution in [3.8, 4) is 5.75 Å². The SMILES string of the molecule is CN1C[C@H]2CN(C(=O)c3ccc(O)cc3)C[C@H]2[C@@H]1c1ccccc1. The lowest BCUT2D eigenvalue weighted by Crippen LogP contribution is -2.33. The summed E-state index contributed by atoms with van der Waals surface area (Å²) in [6.45, 7) is 2.65. The van der Waals surface area contributed by atoms with Crippen LogP contribution in [0.3, 0.4) is 0 Å². The third kappa shape index (κ3) is 2.57. The van der Waals surface area contributed by atoms with Gasteiger partial charge in [0.1, 0.15) is 5.75 Å². The van der Waals surface area contributed by atoms with Gasteiger partial charge < -0.3 is 10.0 Å². The van der Waals surface area contributed by atoms with Gasteiger partial charge in [-0.05, 0) is 42.8 Å². The Labute approximate surface area is 142 Å². The van der Waals surface area contributed by atoms with E-state index in [2.05, 4.69) is 36.2 Å². The first-order valence-electron chi connectivity index (χ1n) is 8.47. The van der Waals surface area contributed by atoms with E-state index in [0.717, 1.165) is 19.6 Å². The zero-order valence-corrected chi connectivity index (χ0v) is 13.8. The molecular formula is C20H22N2O2. The number of phenolic OH excluding ortho intramolecular Hbond substituents is 1. The van der Waals surface area contributed by atoms with E-state index in [9.17, 15) is 9.90 Å². The van der Waals surface area contributed by atoms with Crippen LogP contribution in [-0.4, -0.2) is 47.5 Å². The van der Waals surface area contributed by atoms with Crippen molar-refractivity contribution in [1.29, 1.82) is 0 Å². The second-order valence-electron chi connectivity index (χ2n) is 6.98. The lowest BCUT2D eigenvalue weighted by molar-refractivity contribution is 0.0768. The molecule has 4 rings (SSSR count). The number of hydrogen-bond donors (Lipinski definition) is 1. The minimum Gasteiger partial charge on any atom is -0.508 e. The normalized spacial score (nSPS) is 26.5. The van der Waals surface area contributed by atoms with Gasteiger partial charge in [0.05, 0.1) is 0 Å². The zero-order chi connectivity index (χ0) is 16.7. The lowest BCUT2D eigenvalue weighted by atomic mass is 9.90. The van der Waals surface area contributed by atoms with Crippen LogP contribution in [0.5, 0.6) is 5.75 Å². The minimum atomic E-state index is 0.0684. The summed E-state index contributed by atoms with van der Waals surface area (Å²) in [7, 11) is 2.18. The number of carbonyl (C=O) groups is 1. The number of rotatable bonds is 2. The van der Waals surface area contributed by atoms with Crippen molar-refractivity contribution in [3.63, 3.8) is 0 Å². The molecule has 2 aromatic rings. The fourth-order valence-corrected chi connectivity index (χ4v) is 4.36. The maximum absolute atomic E-state index is 12.7. The number of benzene rings is 2. The van der Waals surface area contributed by atoms with E-state index in [-0.39, 0.29) is 11.7 Å². The summed E-state index contributed by atoms with van der Waals surface area (Å²) >= 11 is 0. The third-order valence-electron chi connectivity index (χ3n) is 5.44. The van der Waals surface area contributed by atoms with Crippen LogP contribution in [0.25, 0.3) is 0 Å². The number of amides is 1. The Morgan fingerprint density at radius 2 is 1.71 bits per heavy atom. The molecule has 1 N–H and O–H groups in total. The quantitative estimate of drug-likeness (QED) is 0.924. The maximum Gasteiger partial charge on any atom is 0.253 e. The molecule has 1 amide bonds. The molecule has 0 aromatic heterocycles. The van der Waals surface area contributed by atoms with Crippen LogP contribution in [0.1, 0.15) is 22.0 Å². The number of likely N-dealkylation sites (tertiary alicyclic amines) is 2. The standard InChI is InChI=1S/C20H22N2O2/c1-21-11-16-12-22(20(24)15-7-9-17(23)10-8-15)13-18(16)19(21)14-5-3-2-4-6-14/h2-10,16,18-19,23H,11-13H2,1H3/t16-,18+,19-/m0/s1. The van der Waals surface area contributed by atoms with Crippen molar-refractivity contribution < 1.29 is 9.90 Å². The third-order valence-corrected chi connectivity index (χ3v) is 5.44. The molecule has 0 unspecified atom stereocenters. The highest BCUT2D eigenvalue weighted by Gasteiger charge is 2.47. The largest absolute Gasteiger partial charge is 0.508 e. The average molecular weight is 322 g/mol. The zero-order valence-electron chi connectivity index (χ0n) is 13.8. The van der Waals surface area contributed by atoms with E-state index in [1.54, 1.807) is 24.3 Å². The molecular weight excluding hydrogens is 300 g/mol. The summed E-state index contributed by atoms with van der Waals surface area (Å²) in [6.07, 6.45) is 0. The summed E-state index contributed by atoms with van der Waals surface area (Å²) in [5, 5.41) is 9.39. The Kier molecular flexibility index (Phi) is 3.77. The molecule has 3 atom stereocenters. The van der Waals surface area contributed by atoms with Gasteiger partial charge >= 0.3 is 0 Å². The molecule has 24 heavy (non-hydrogen) atoms. The van der Waals surface area contributed by atoms with Crippen molar-refractivity contribution in [2.24, 2.45) is 11.8 Å². The number of hydrogen-bond acceptors (Lipinski definition) is 3. The highest BCUT2D eigenvalue weighted by Crippen LogP contribution is 2.44. The second-order valence-corrected chi connectivity index (χ2v) is 6.98. The van der Waals surface area contributed by atoms with E-state index < -0.39 is 0 Å². The van der Waals surface area contributed by atoms with E-state index in [0.29, 0.717) is 23.4 Å². The Balaban J connectivity index is 1.54. The average Bonchev–Trinajstić information content (AvgIpc) is 3.12. The Bertz CT molecular complexity index is 729. The van der Waals surface area contributed by atoms with Crippen molar-refractivity contribution >= 4 is 5.91 Å². The molecule has 0 spiro atoms. The molecule has 2 heterocycles. The highest BCUT2D eigenvalue weighted by atomic mass is 16.3. The molecule has 4 heteroatoms. The first-order valence-corrected chi connectivity index (χ1v) is 8.47. The summed E-state index contributed by atoms with van der Waals surface area (Å²) < 4.78 is 0. The van der Waals surface area contributed by atoms with Gasteiger partial charge in [-0.3, -0.25) is 9.69 Å². The number of aromatic hydroxyl groups is 1. The second kappa shape index (κ2) is 5.95. The van der Waals surface area contributed by atoms with Crippen LogP contribution in [0.4, 0.5) is 0 Å². The molecule has 4 nitrogen and oxygen atoms in total. The van der Waals surface area contributed by atoms with Gasteiger partial charge in [-0.1, -0.05) is 30.3 Å². The van der Waals surface area contributed by atoms with Gasteiger partial charge in [0.15, 0.2) is 0 Å². The summed E-state index contributed by atoms with van der Waals surface area (Å²) in [5.41, 5.74) is 1.99. The van der Waals surface area contributed by atoms with E-state index in [4.69, 9.17) is 0 Å². The van der Waals surface area contributed by atoms with Crippen molar-refractivity contribution in [1.82, 2.24) is 9.80 Å². The summed E-state index contributed by atoms with van der Waals surface area (Å²) in [5.74, 6) is 1.27. The minimum absolute atomic E-state index is 0.0684. The van der Waals surface area contributed by atoms with E-state index in [1.807, 2.05) is 11.0 Å². The smallest absolute Gasteiger partial charge is 0.253 e. The number of carbonyl (C=O) groups excluding carboxylic acids is 1. The molecule has 2 fully saturated rings. The monoisotopic (exact) mass is 322 g/mol. The molecule has 2 saturated heterocycles. The van der Waals surface area contributed by atoms with Gasteiger partial charge in [0.2, 0.25) is 0 Å². The molecule has 2 aliphatic heterocycles. The highest BCUT2D eigenvalue weighted by molar-refractivity contribution is 5.94. The van der Waals surface area contributed by atoms with Gasteiger partial charge in [0.25, 0.3) is 5.91 Å². The fraction of sp³-hybridized carbons (Fsp3) is 0.350. The van der Waals surface area contributed by atoms with Crippen LogP contribution in [-0.2, 0) is 0 Å². The van der Waals surface area contributed by atoms with Gasteiger partial charge in [0, 0.05) is 37.2 Å². The summed E-state index contributed by atoms with van der Waals surface area (Å²) in [4.78, 5) is 17.1. The molecule has 124 valence electrons. The van der Waals surface area contributed by atoms with Gasteiger partial charge in [-0.15, -0.1) is 0 Å². The van der Waals surface area contributed by atoms with E-state index in [1.165, 1.54) is 5.56 Å². The molecule has 0 saturated carbocycles. The van der Waals surface area contributed by atoms with E-state index >= 15 is 0 Å². The van der Waals surface area contributed by atoms with Crippen LogP contribution < -0.4 is 0 Å². The van der Waals surface area contributed by atoms with Gasteiger partial charge in [-0.25, -0.2) is 0 Å². The molecule has 2 aromatic carbocycles. The maximum atomic E-state index is 12.7. The van der Waals surface area contributed by atoms with Crippen LogP contribution >= 0.6 is 0 Å². The first kappa shape index (κ1) is 15.2. The van der Waals surface area contributed by atoms with Crippen molar-refractivity contribution in [2.45, 2.75) is 6.04 Å². The predicted molar refractivity (Wildman–Crippen MR) is 92.8 cm³/mol. The van der Waals surface area contributed by atoms with Crippen molar-refractivity contribution in [2.75, 3.05) is 26.7 Å². The fourth-order valence-electron chi connectivity index (χ4n) is 4.36. The molecule has 0 aliphatic carbocycles.